The number of aliphatic hydroxyl groups is 1. The number of hydrogen-bond donors (Lipinski definition) is 3. The van der Waals surface area contributed by atoms with Crippen LogP contribution in [0.4, 0.5) is 0 Å². The summed E-state index contributed by atoms with van der Waals surface area (Å²) in [6.07, 6.45) is 10.0. The molecule has 47 heavy (non-hydrogen) atoms. The molecule has 5 saturated carbocycles. The van der Waals surface area contributed by atoms with Crippen LogP contribution in [0.15, 0.2) is 11.1 Å². The van der Waals surface area contributed by atoms with Crippen LogP contribution in [-0.4, -0.2) is 52.7 Å². The molecule has 6 rings (SSSR count). The van der Waals surface area contributed by atoms with Crippen molar-refractivity contribution in [1.29, 1.82) is 0 Å². The Kier molecular flexibility index (Phi) is 8.52. The first kappa shape index (κ1) is 35.1. The number of hydrogen-bond acceptors (Lipinski definition) is 6. The van der Waals surface area contributed by atoms with Crippen LogP contribution >= 0.6 is 0 Å². The highest BCUT2D eigenvalue weighted by atomic mass is 16.5. The van der Waals surface area contributed by atoms with Crippen LogP contribution in [0.25, 0.3) is 0 Å². The Bertz CT molecular complexity index is 1340. The van der Waals surface area contributed by atoms with Crippen molar-refractivity contribution in [3.05, 3.63) is 11.1 Å². The molecular weight excluding hydrogens is 590 g/mol. The molecule has 264 valence electrons. The fourth-order valence-electron chi connectivity index (χ4n) is 12.7. The first-order valence-corrected chi connectivity index (χ1v) is 18.9. The van der Waals surface area contributed by atoms with Gasteiger partial charge in [0, 0.05) is 29.8 Å². The SMILES string of the molecule is CC(C)C1=C2C3CCC4C5(C)CCC(OC(=O)CC(C)(C)C(=O)O)C(C)(C)C5CCC4(C)C3(C)CCC2(C(O)CNC2CC2)CC1=O. The van der Waals surface area contributed by atoms with Gasteiger partial charge in [-0.3, -0.25) is 14.4 Å². The lowest BCUT2D eigenvalue weighted by molar-refractivity contribution is -0.235. The van der Waals surface area contributed by atoms with Crippen LogP contribution in [-0.2, 0) is 19.1 Å². The molecule has 0 aliphatic heterocycles. The monoisotopic (exact) mass is 653 g/mol. The third-order valence-corrected chi connectivity index (χ3v) is 15.7. The summed E-state index contributed by atoms with van der Waals surface area (Å²) in [6, 6.07) is 0.522. The number of carbonyl (C=O) groups is 3. The molecule has 7 nitrogen and oxygen atoms in total. The molecule has 0 heterocycles. The summed E-state index contributed by atoms with van der Waals surface area (Å²) in [4.78, 5) is 38.6. The van der Waals surface area contributed by atoms with Crippen molar-refractivity contribution in [3.63, 3.8) is 0 Å². The lowest BCUT2D eigenvalue weighted by Crippen LogP contribution is -2.66. The predicted molar refractivity (Wildman–Crippen MR) is 182 cm³/mol. The number of nitrogens with one attached hydrogen (secondary N) is 1. The van der Waals surface area contributed by atoms with E-state index in [2.05, 4.69) is 53.8 Å². The van der Waals surface area contributed by atoms with E-state index in [1.54, 1.807) is 13.8 Å². The molecule has 0 saturated heterocycles. The number of Topliss-reactive ketones (excluding diaryl/α,β-unsaturated/α-hetero) is 1. The second-order valence-corrected chi connectivity index (χ2v) is 19.3. The standard InChI is InChI=1S/C40H63NO6/c1-23(2)32-26(42)20-40(29(43)22-41-24-10-11-24)19-18-38(8)25(33(32)40)12-13-28-37(7)16-15-30(47-31(44)21-35(3,4)34(45)46)36(5,6)27(37)14-17-39(28,38)9/h23-25,27-30,41,43H,10-22H2,1-9H3,(H,45,46). The maximum atomic E-state index is 13.9. The minimum absolute atomic E-state index is 0.0347. The van der Waals surface area contributed by atoms with Crippen molar-refractivity contribution < 1.29 is 29.3 Å². The highest BCUT2D eigenvalue weighted by Crippen LogP contribution is 2.77. The number of carbonyl (C=O) groups excluding carboxylic acids is 2. The van der Waals surface area contributed by atoms with Gasteiger partial charge >= 0.3 is 11.9 Å². The molecule has 6 aliphatic carbocycles. The molecule has 9 unspecified atom stereocenters. The minimum Gasteiger partial charge on any atom is -0.481 e. The number of carboxylic acids is 1. The molecule has 0 aromatic rings. The summed E-state index contributed by atoms with van der Waals surface area (Å²) >= 11 is 0. The summed E-state index contributed by atoms with van der Waals surface area (Å²) in [5, 5.41) is 25.1. The zero-order valence-corrected chi connectivity index (χ0v) is 30.8. The van der Waals surface area contributed by atoms with E-state index in [-0.39, 0.29) is 45.9 Å². The van der Waals surface area contributed by atoms with Gasteiger partial charge in [0.15, 0.2) is 5.78 Å². The number of allylic oxidation sites excluding steroid dienone is 1. The molecular formula is C40H63NO6. The van der Waals surface area contributed by atoms with Gasteiger partial charge in [-0.25, -0.2) is 0 Å². The molecule has 6 aliphatic rings. The van der Waals surface area contributed by atoms with Crippen molar-refractivity contribution in [2.45, 2.75) is 158 Å². The highest BCUT2D eigenvalue weighted by Gasteiger charge is 2.70. The van der Waals surface area contributed by atoms with Gasteiger partial charge in [-0.1, -0.05) is 54.0 Å². The Labute approximate surface area is 283 Å². The smallest absolute Gasteiger partial charge is 0.309 e. The summed E-state index contributed by atoms with van der Waals surface area (Å²) in [5.41, 5.74) is 0.778. The first-order valence-electron chi connectivity index (χ1n) is 18.9. The third-order valence-electron chi connectivity index (χ3n) is 15.7. The van der Waals surface area contributed by atoms with Gasteiger partial charge in [0.1, 0.15) is 6.10 Å². The van der Waals surface area contributed by atoms with E-state index in [0.717, 1.165) is 56.9 Å². The predicted octanol–water partition coefficient (Wildman–Crippen LogP) is 7.49. The Morgan fingerprint density at radius 2 is 1.60 bits per heavy atom. The quantitative estimate of drug-likeness (QED) is 0.221. The van der Waals surface area contributed by atoms with Gasteiger partial charge in [-0.05, 0) is 124 Å². The first-order chi connectivity index (χ1) is 21.7. The maximum absolute atomic E-state index is 13.9. The number of carboxylic acid groups (broad SMARTS) is 1. The second kappa shape index (κ2) is 11.4. The fraction of sp³-hybridized carbons (Fsp3) is 0.875. The number of fused-ring (bicyclic) bond motifs is 7. The Hall–Kier alpha value is -1.73. The minimum atomic E-state index is -1.15. The lowest BCUT2D eigenvalue weighted by atomic mass is 9.33. The zero-order chi connectivity index (χ0) is 34.5. The Balaban J connectivity index is 1.29. The number of aliphatic hydroxyl groups excluding tert-OH is 1. The number of aliphatic carboxylic acids is 1. The van der Waals surface area contributed by atoms with E-state index in [0.29, 0.717) is 36.8 Å². The summed E-state index contributed by atoms with van der Waals surface area (Å²) in [6.45, 7) is 20.3. The van der Waals surface area contributed by atoms with Gasteiger partial charge < -0.3 is 20.3 Å². The van der Waals surface area contributed by atoms with Crippen molar-refractivity contribution in [3.8, 4) is 0 Å². The summed E-state index contributed by atoms with van der Waals surface area (Å²) < 4.78 is 6.15. The van der Waals surface area contributed by atoms with Gasteiger partial charge in [-0.2, -0.15) is 0 Å². The van der Waals surface area contributed by atoms with Crippen LogP contribution in [0.3, 0.4) is 0 Å². The molecule has 7 heteroatoms. The van der Waals surface area contributed by atoms with Crippen molar-refractivity contribution in [2.24, 2.45) is 56.2 Å². The van der Waals surface area contributed by atoms with E-state index in [4.69, 9.17) is 4.74 Å². The molecule has 0 aromatic carbocycles. The average Bonchev–Trinajstić information content (AvgIpc) is 3.74. The van der Waals surface area contributed by atoms with Crippen LogP contribution < -0.4 is 5.32 Å². The summed E-state index contributed by atoms with van der Waals surface area (Å²) in [7, 11) is 0. The molecule has 0 radical (unpaired) electrons. The Morgan fingerprint density at radius 3 is 2.21 bits per heavy atom. The molecule has 9 atom stereocenters. The van der Waals surface area contributed by atoms with E-state index >= 15 is 0 Å². The Morgan fingerprint density at radius 1 is 0.915 bits per heavy atom. The largest absolute Gasteiger partial charge is 0.481 e. The van der Waals surface area contributed by atoms with E-state index in [9.17, 15) is 24.6 Å². The molecule has 0 amide bonds. The van der Waals surface area contributed by atoms with E-state index in [1.807, 2.05) is 0 Å². The van der Waals surface area contributed by atoms with Crippen LogP contribution in [0.2, 0.25) is 0 Å². The molecule has 3 N–H and O–H groups in total. The van der Waals surface area contributed by atoms with Crippen molar-refractivity contribution in [2.75, 3.05) is 6.54 Å². The van der Waals surface area contributed by atoms with Crippen molar-refractivity contribution >= 4 is 17.7 Å². The van der Waals surface area contributed by atoms with Gasteiger partial charge in [0.05, 0.1) is 17.9 Å². The summed E-state index contributed by atoms with van der Waals surface area (Å²) in [5.74, 6) is 0.254. The number of ketones is 1. The fourth-order valence-corrected chi connectivity index (χ4v) is 12.7. The van der Waals surface area contributed by atoms with Gasteiger partial charge in [0.2, 0.25) is 0 Å². The third kappa shape index (κ3) is 5.21. The lowest BCUT2D eigenvalue weighted by Gasteiger charge is -2.72. The molecule has 0 bridgehead atoms. The highest BCUT2D eigenvalue weighted by molar-refractivity contribution is 6.00. The molecule has 0 aromatic heterocycles. The second-order valence-electron chi connectivity index (χ2n) is 19.3. The van der Waals surface area contributed by atoms with Crippen LogP contribution in [0.1, 0.15) is 139 Å². The average molecular weight is 654 g/mol. The molecule has 0 spiro atoms. The van der Waals surface area contributed by atoms with Crippen molar-refractivity contribution in [1.82, 2.24) is 5.32 Å². The van der Waals surface area contributed by atoms with E-state index < -0.39 is 28.9 Å². The van der Waals surface area contributed by atoms with Crippen LogP contribution in [0, 0.1) is 56.2 Å². The molecule has 5 fully saturated rings. The van der Waals surface area contributed by atoms with Crippen LogP contribution in [0.5, 0.6) is 0 Å². The topological polar surface area (TPSA) is 113 Å². The van der Waals surface area contributed by atoms with E-state index in [1.165, 1.54) is 18.4 Å². The number of ether oxygens (including phenoxy) is 1. The van der Waals surface area contributed by atoms with Gasteiger partial charge in [0.25, 0.3) is 0 Å². The number of esters is 1. The maximum Gasteiger partial charge on any atom is 0.309 e. The zero-order valence-electron chi connectivity index (χ0n) is 30.8. The van der Waals surface area contributed by atoms with Gasteiger partial charge in [-0.15, -0.1) is 0 Å². The number of rotatable bonds is 9. The normalized spacial score (nSPS) is 41.9.